The van der Waals surface area contributed by atoms with E-state index in [2.05, 4.69) is 10.6 Å². The monoisotopic (exact) mass is 338 g/mol. The van der Waals surface area contributed by atoms with Crippen molar-refractivity contribution >= 4 is 40.5 Å². The van der Waals surface area contributed by atoms with E-state index in [0.717, 1.165) is 11.4 Å². The third-order valence-electron chi connectivity index (χ3n) is 2.95. The SMILES string of the molecule is COc1cccc(NCCC(=O)Nc2cc(Cl)ccc2Cl)c1. The van der Waals surface area contributed by atoms with Gasteiger partial charge in [-0.1, -0.05) is 29.3 Å². The Bertz CT molecular complexity index is 662. The molecule has 6 heteroatoms. The molecule has 0 aliphatic carbocycles. The molecule has 2 N–H and O–H groups in total. The normalized spacial score (nSPS) is 10.1. The molecule has 22 heavy (non-hydrogen) atoms. The van der Waals surface area contributed by atoms with Crippen LogP contribution in [0.3, 0.4) is 0 Å². The first kappa shape index (κ1) is 16.5. The van der Waals surface area contributed by atoms with E-state index in [9.17, 15) is 4.79 Å². The van der Waals surface area contributed by atoms with Crippen molar-refractivity contribution in [1.82, 2.24) is 0 Å². The average molecular weight is 339 g/mol. The van der Waals surface area contributed by atoms with Crippen LogP contribution in [0.15, 0.2) is 42.5 Å². The van der Waals surface area contributed by atoms with Crippen molar-refractivity contribution in [1.29, 1.82) is 0 Å². The van der Waals surface area contributed by atoms with Crippen molar-refractivity contribution in [2.24, 2.45) is 0 Å². The topological polar surface area (TPSA) is 50.4 Å². The minimum absolute atomic E-state index is 0.139. The number of benzene rings is 2. The molecule has 116 valence electrons. The zero-order chi connectivity index (χ0) is 15.9. The number of ether oxygens (including phenoxy) is 1. The van der Waals surface area contributed by atoms with Gasteiger partial charge in [0.1, 0.15) is 5.75 Å². The van der Waals surface area contributed by atoms with Gasteiger partial charge in [-0.2, -0.15) is 0 Å². The number of hydrogen-bond acceptors (Lipinski definition) is 3. The van der Waals surface area contributed by atoms with E-state index in [1.54, 1.807) is 25.3 Å². The molecule has 0 aromatic heterocycles. The minimum Gasteiger partial charge on any atom is -0.497 e. The van der Waals surface area contributed by atoms with Crippen LogP contribution >= 0.6 is 23.2 Å². The van der Waals surface area contributed by atoms with Crippen molar-refractivity contribution < 1.29 is 9.53 Å². The van der Waals surface area contributed by atoms with Crippen LogP contribution in [0.25, 0.3) is 0 Å². The molecular formula is C16H16Cl2N2O2. The second-order valence-corrected chi connectivity index (χ2v) is 5.42. The van der Waals surface area contributed by atoms with Crippen LogP contribution in [0.5, 0.6) is 5.75 Å². The first-order valence-electron chi connectivity index (χ1n) is 6.71. The lowest BCUT2D eigenvalue weighted by molar-refractivity contribution is -0.115. The van der Waals surface area contributed by atoms with E-state index in [1.807, 2.05) is 24.3 Å². The van der Waals surface area contributed by atoms with Gasteiger partial charge in [-0.15, -0.1) is 0 Å². The summed E-state index contributed by atoms with van der Waals surface area (Å²) in [5.41, 5.74) is 1.41. The fraction of sp³-hybridized carbons (Fsp3) is 0.188. The van der Waals surface area contributed by atoms with Crippen molar-refractivity contribution in [2.45, 2.75) is 6.42 Å². The maximum absolute atomic E-state index is 11.9. The lowest BCUT2D eigenvalue weighted by atomic mass is 10.2. The highest BCUT2D eigenvalue weighted by Crippen LogP contribution is 2.25. The van der Waals surface area contributed by atoms with E-state index in [1.165, 1.54) is 0 Å². The minimum atomic E-state index is -0.139. The lowest BCUT2D eigenvalue weighted by Crippen LogP contribution is -2.16. The van der Waals surface area contributed by atoms with E-state index in [0.29, 0.717) is 28.7 Å². The smallest absolute Gasteiger partial charge is 0.226 e. The Morgan fingerprint density at radius 3 is 2.77 bits per heavy atom. The number of carbonyl (C=O) groups excluding carboxylic acids is 1. The summed E-state index contributed by atoms with van der Waals surface area (Å²) in [4.78, 5) is 11.9. The molecule has 0 saturated carbocycles. The predicted octanol–water partition coefficient (Wildman–Crippen LogP) is 4.44. The number of anilines is 2. The summed E-state index contributed by atoms with van der Waals surface area (Å²) in [5.74, 6) is 0.625. The zero-order valence-corrected chi connectivity index (χ0v) is 13.5. The van der Waals surface area contributed by atoms with Crippen molar-refractivity contribution in [2.75, 3.05) is 24.3 Å². The largest absolute Gasteiger partial charge is 0.497 e. The highest BCUT2D eigenvalue weighted by atomic mass is 35.5. The van der Waals surface area contributed by atoms with Gasteiger partial charge < -0.3 is 15.4 Å². The molecule has 0 fully saturated rings. The van der Waals surface area contributed by atoms with Gasteiger partial charge in [-0.25, -0.2) is 0 Å². The maximum atomic E-state index is 11.9. The first-order valence-corrected chi connectivity index (χ1v) is 7.47. The number of rotatable bonds is 6. The summed E-state index contributed by atoms with van der Waals surface area (Å²) in [6, 6.07) is 12.5. The van der Waals surface area contributed by atoms with Gasteiger partial charge >= 0.3 is 0 Å². The molecule has 0 radical (unpaired) electrons. The van der Waals surface area contributed by atoms with Crippen LogP contribution in [0.4, 0.5) is 11.4 Å². The molecule has 0 aliphatic heterocycles. The molecule has 0 atom stereocenters. The molecule has 2 rings (SSSR count). The molecule has 2 aromatic carbocycles. The Labute approximate surface area is 139 Å². The van der Waals surface area contributed by atoms with Crippen molar-refractivity contribution in [3.05, 3.63) is 52.5 Å². The van der Waals surface area contributed by atoms with Crippen LogP contribution < -0.4 is 15.4 Å². The summed E-state index contributed by atoms with van der Waals surface area (Å²) in [5, 5.41) is 6.88. The second kappa shape index (κ2) is 7.92. The number of methoxy groups -OCH3 is 1. The standard InChI is InChI=1S/C16H16Cl2N2O2/c1-22-13-4-2-3-12(10-13)19-8-7-16(21)20-15-9-11(17)5-6-14(15)18/h2-6,9-10,19H,7-8H2,1H3,(H,20,21). The Balaban J connectivity index is 1.84. The number of halogens is 2. The van der Waals surface area contributed by atoms with Gasteiger partial charge in [0.2, 0.25) is 5.91 Å². The van der Waals surface area contributed by atoms with Crippen LogP contribution in [-0.2, 0) is 4.79 Å². The van der Waals surface area contributed by atoms with Crippen molar-refractivity contribution in [3.8, 4) is 5.75 Å². The van der Waals surface area contributed by atoms with Crippen LogP contribution in [0.1, 0.15) is 6.42 Å². The van der Waals surface area contributed by atoms with Gasteiger partial charge in [0.05, 0.1) is 17.8 Å². The third-order valence-corrected chi connectivity index (χ3v) is 3.52. The molecule has 0 bridgehead atoms. The third kappa shape index (κ3) is 4.83. The molecule has 0 unspecified atom stereocenters. The second-order valence-electron chi connectivity index (χ2n) is 4.58. The van der Waals surface area contributed by atoms with E-state index >= 15 is 0 Å². The Morgan fingerprint density at radius 1 is 1.18 bits per heavy atom. The molecule has 0 aliphatic rings. The fourth-order valence-electron chi connectivity index (χ4n) is 1.86. The molecule has 4 nitrogen and oxygen atoms in total. The highest BCUT2D eigenvalue weighted by Gasteiger charge is 2.06. The number of amides is 1. The lowest BCUT2D eigenvalue weighted by Gasteiger charge is -2.10. The summed E-state index contributed by atoms with van der Waals surface area (Å²) >= 11 is 11.9. The highest BCUT2D eigenvalue weighted by molar-refractivity contribution is 6.35. The summed E-state index contributed by atoms with van der Waals surface area (Å²) < 4.78 is 5.14. The van der Waals surface area contributed by atoms with Gasteiger partial charge in [0.25, 0.3) is 0 Å². The molecule has 0 saturated heterocycles. The molecule has 0 spiro atoms. The van der Waals surface area contributed by atoms with Crippen LogP contribution in [0.2, 0.25) is 10.0 Å². The van der Waals surface area contributed by atoms with Gasteiger partial charge in [0.15, 0.2) is 0 Å². The van der Waals surface area contributed by atoms with E-state index in [-0.39, 0.29) is 5.91 Å². The van der Waals surface area contributed by atoms with Crippen molar-refractivity contribution in [3.63, 3.8) is 0 Å². The molecule has 0 heterocycles. The Morgan fingerprint density at radius 2 is 2.00 bits per heavy atom. The fourth-order valence-corrected chi connectivity index (χ4v) is 2.20. The summed E-state index contributed by atoms with van der Waals surface area (Å²) in [7, 11) is 1.61. The van der Waals surface area contributed by atoms with Gasteiger partial charge in [-0.05, 0) is 30.3 Å². The first-order chi connectivity index (χ1) is 10.6. The summed E-state index contributed by atoms with van der Waals surface area (Å²) in [6.45, 7) is 0.497. The maximum Gasteiger partial charge on any atom is 0.226 e. The number of hydrogen-bond donors (Lipinski definition) is 2. The predicted molar refractivity (Wildman–Crippen MR) is 91.2 cm³/mol. The molecule has 2 aromatic rings. The van der Waals surface area contributed by atoms with Crippen LogP contribution in [-0.4, -0.2) is 19.6 Å². The average Bonchev–Trinajstić information content (AvgIpc) is 2.51. The van der Waals surface area contributed by atoms with Crippen LogP contribution in [0, 0.1) is 0 Å². The Kier molecular flexibility index (Phi) is 5.92. The van der Waals surface area contributed by atoms with E-state index < -0.39 is 0 Å². The zero-order valence-electron chi connectivity index (χ0n) is 12.0. The number of nitrogens with one attached hydrogen (secondary N) is 2. The number of carbonyl (C=O) groups is 1. The Hall–Kier alpha value is -1.91. The summed E-state index contributed by atoms with van der Waals surface area (Å²) in [6.07, 6.45) is 0.306. The van der Waals surface area contributed by atoms with Gasteiger partial charge in [-0.3, -0.25) is 4.79 Å². The van der Waals surface area contributed by atoms with Gasteiger partial charge in [0, 0.05) is 29.7 Å². The molecule has 1 amide bonds. The quantitative estimate of drug-likeness (QED) is 0.818. The molecular weight excluding hydrogens is 323 g/mol. The van der Waals surface area contributed by atoms with E-state index in [4.69, 9.17) is 27.9 Å².